The van der Waals surface area contributed by atoms with Crippen molar-refractivity contribution in [3.63, 3.8) is 0 Å². The maximum Gasteiger partial charge on any atom is 0.244 e. The van der Waals surface area contributed by atoms with Crippen LogP contribution in [0.4, 0.5) is 5.69 Å². The number of nitrogens with one attached hydrogen (secondary N) is 2. The Morgan fingerprint density at radius 2 is 1.84 bits per heavy atom. The summed E-state index contributed by atoms with van der Waals surface area (Å²) in [6.45, 7) is 6.34. The summed E-state index contributed by atoms with van der Waals surface area (Å²) in [5.74, 6) is -1.21. The largest absolute Gasteiger partial charge is 0.494 e. The van der Waals surface area contributed by atoms with Crippen LogP contribution < -0.4 is 15.4 Å². The molecular weight excluding hydrogens is 502 g/mol. The summed E-state index contributed by atoms with van der Waals surface area (Å²) in [7, 11) is 0. The van der Waals surface area contributed by atoms with Gasteiger partial charge in [0.2, 0.25) is 17.7 Å². The molecule has 38 heavy (non-hydrogen) atoms. The monoisotopic (exact) mass is 537 g/mol. The van der Waals surface area contributed by atoms with Crippen molar-refractivity contribution in [2.24, 2.45) is 11.8 Å². The van der Waals surface area contributed by atoms with E-state index in [1.165, 1.54) is 0 Å². The van der Waals surface area contributed by atoms with Gasteiger partial charge in [0.05, 0.1) is 35.8 Å². The number of rotatable bonds is 9. The van der Waals surface area contributed by atoms with Crippen molar-refractivity contribution in [3.05, 3.63) is 60.2 Å². The van der Waals surface area contributed by atoms with Gasteiger partial charge in [-0.2, -0.15) is 0 Å². The molecule has 0 saturated carbocycles. The molecule has 3 heterocycles. The fourth-order valence-corrected chi connectivity index (χ4v) is 8.87. The van der Waals surface area contributed by atoms with E-state index in [-0.39, 0.29) is 24.3 Å². The molecule has 9 heteroatoms. The summed E-state index contributed by atoms with van der Waals surface area (Å²) in [5, 5.41) is 16.1. The number of fused-ring (bicyclic) bond motifs is 1. The van der Waals surface area contributed by atoms with Crippen LogP contribution >= 0.6 is 11.8 Å². The molecule has 3 fully saturated rings. The molecule has 3 saturated heterocycles. The Labute approximate surface area is 227 Å². The van der Waals surface area contributed by atoms with E-state index in [2.05, 4.69) is 10.6 Å². The maximum atomic E-state index is 14.0. The Morgan fingerprint density at radius 1 is 1.13 bits per heavy atom. The molecule has 2 unspecified atom stereocenters. The van der Waals surface area contributed by atoms with Crippen molar-refractivity contribution in [1.29, 1.82) is 0 Å². The van der Waals surface area contributed by atoms with E-state index in [1.807, 2.05) is 44.2 Å². The smallest absolute Gasteiger partial charge is 0.244 e. The number of ether oxygens (including phenoxy) is 1. The van der Waals surface area contributed by atoms with Gasteiger partial charge in [-0.25, -0.2) is 0 Å². The molecule has 0 aromatic heterocycles. The Balaban J connectivity index is 1.43. The third-order valence-corrected chi connectivity index (χ3v) is 10.2. The molecule has 0 radical (unpaired) electrons. The second-order valence-electron chi connectivity index (χ2n) is 10.7. The van der Waals surface area contributed by atoms with Crippen LogP contribution in [0.25, 0.3) is 0 Å². The second-order valence-corrected chi connectivity index (χ2v) is 12.6. The van der Waals surface area contributed by atoms with E-state index in [4.69, 9.17) is 4.74 Å². The molecule has 0 aliphatic carbocycles. The summed E-state index contributed by atoms with van der Waals surface area (Å²) < 4.78 is 4.30. The van der Waals surface area contributed by atoms with Gasteiger partial charge in [-0.1, -0.05) is 30.3 Å². The van der Waals surface area contributed by atoms with Crippen molar-refractivity contribution in [2.75, 3.05) is 18.5 Å². The predicted molar refractivity (Wildman–Crippen MR) is 147 cm³/mol. The van der Waals surface area contributed by atoms with Gasteiger partial charge in [-0.15, -0.1) is 11.8 Å². The molecule has 3 N–H and O–H groups in total. The van der Waals surface area contributed by atoms with E-state index in [0.717, 1.165) is 17.7 Å². The van der Waals surface area contributed by atoms with Crippen LogP contribution in [0.5, 0.6) is 5.75 Å². The van der Waals surface area contributed by atoms with Crippen LogP contribution in [0.15, 0.2) is 54.6 Å². The lowest BCUT2D eigenvalue weighted by Crippen LogP contribution is -2.55. The van der Waals surface area contributed by atoms with E-state index >= 15 is 0 Å². The standard InChI is InChI=1S/C29H35N3O5S/c1-4-37-21-12-10-20(11-13-21)31-25(34)22-23-27(36)32(18(2)17-33)24(29(23)15-14-28(22,3)38-29)26(35)30-16-19-8-6-5-7-9-19/h5-13,18,22-24,33H,4,14-17H2,1-3H3,(H,30,35)(H,31,34)/t18-,22+,23+,24?,28-,29?/m1/s1. The van der Waals surface area contributed by atoms with E-state index in [9.17, 15) is 19.5 Å². The number of hydrogen-bond acceptors (Lipinski definition) is 6. The fourth-order valence-electron chi connectivity index (χ4n) is 6.53. The van der Waals surface area contributed by atoms with Gasteiger partial charge in [0.1, 0.15) is 11.8 Å². The number of carbonyl (C=O) groups excluding carboxylic acids is 3. The summed E-state index contributed by atoms with van der Waals surface area (Å²) in [4.78, 5) is 43.1. The SMILES string of the molecule is CCOc1ccc(NC(=O)[C@@H]2[C@H]3C(=O)N([C@H](C)CO)C(C(=O)NCc4ccccc4)C34CC[C@@]2(C)S4)cc1. The van der Waals surface area contributed by atoms with Crippen LogP contribution in [0.1, 0.15) is 39.2 Å². The summed E-state index contributed by atoms with van der Waals surface area (Å²) in [5.41, 5.74) is 1.59. The molecule has 202 valence electrons. The molecule has 1 spiro atoms. The fraction of sp³-hybridized carbons (Fsp3) is 0.483. The highest BCUT2D eigenvalue weighted by Crippen LogP contribution is 2.71. The zero-order valence-electron chi connectivity index (χ0n) is 22.0. The maximum absolute atomic E-state index is 14.0. The Morgan fingerprint density at radius 3 is 2.50 bits per heavy atom. The van der Waals surface area contributed by atoms with E-state index < -0.39 is 33.4 Å². The molecule has 2 aromatic carbocycles. The van der Waals surface area contributed by atoms with Gasteiger partial charge < -0.3 is 25.4 Å². The number of carbonyl (C=O) groups is 3. The van der Waals surface area contributed by atoms with E-state index in [1.54, 1.807) is 47.9 Å². The van der Waals surface area contributed by atoms with Gasteiger partial charge in [0, 0.05) is 17.0 Å². The number of aliphatic hydroxyl groups excluding tert-OH is 1. The average molecular weight is 538 g/mol. The van der Waals surface area contributed by atoms with Gasteiger partial charge in [-0.3, -0.25) is 14.4 Å². The third kappa shape index (κ3) is 4.35. The van der Waals surface area contributed by atoms with Gasteiger partial charge in [-0.05, 0) is 63.4 Å². The van der Waals surface area contributed by atoms with Gasteiger partial charge in [0.15, 0.2) is 0 Å². The molecule has 3 amide bonds. The van der Waals surface area contributed by atoms with Crippen LogP contribution in [-0.2, 0) is 20.9 Å². The lowest BCUT2D eigenvalue weighted by atomic mass is 9.66. The first kappa shape index (κ1) is 26.6. The van der Waals surface area contributed by atoms with Gasteiger partial charge >= 0.3 is 0 Å². The molecule has 2 aromatic rings. The molecular formula is C29H35N3O5S. The highest BCUT2D eigenvalue weighted by molar-refractivity contribution is 8.02. The Hall–Kier alpha value is -3.04. The van der Waals surface area contributed by atoms with Crippen molar-refractivity contribution < 1.29 is 24.2 Å². The van der Waals surface area contributed by atoms with Crippen LogP contribution in [0.2, 0.25) is 0 Å². The minimum Gasteiger partial charge on any atom is -0.494 e. The Bertz CT molecular complexity index is 1210. The molecule has 8 nitrogen and oxygen atoms in total. The number of aliphatic hydroxyl groups is 1. The lowest BCUT2D eigenvalue weighted by Gasteiger charge is -2.36. The molecule has 2 bridgehead atoms. The number of amides is 3. The molecule has 6 atom stereocenters. The average Bonchev–Trinajstić information content (AvgIpc) is 3.49. The van der Waals surface area contributed by atoms with Crippen molar-refractivity contribution in [2.45, 2.75) is 61.7 Å². The zero-order chi connectivity index (χ0) is 27.1. The molecule has 5 rings (SSSR count). The summed E-state index contributed by atoms with van der Waals surface area (Å²) in [6.07, 6.45) is 1.39. The quantitative estimate of drug-likeness (QED) is 0.454. The number of likely N-dealkylation sites (tertiary alicyclic amines) is 1. The number of anilines is 1. The topological polar surface area (TPSA) is 108 Å². The summed E-state index contributed by atoms with van der Waals surface area (Å²) >= 11 is 1.62. The van der Waals surface area contributed by atoms with Crippen molar-refractivity contribution in [3.8, 4) is 5.75 Å². The number of benzene rings is 2. The number of nitrogens with zero attached hydrogens (tertiary/aromatic N) is 1. The lowest BCUT2D eigenvalue weighted by molar-refractivity contribution is -0.142. The van der Waals surface area contributed by atoms with Crippen molar-refractivity contribution in [1.82, 2.24) is 10.2 Å². The zero-order valence-corrected chi connectivity index (χ0v) is 22.8. The highest BCUT2D eigenvalue weighted by atomic mass is 32.2. The third-order valence-electron chi connectivity index (χ3n) is 8.23. The first-order chi connectivity index (χ1) is 18.2. The highest BCUT2D eigenvalue weighted by Gasteiger charge is 2.77. The van der Waals surface area contributed by atoms with Crippen LogP contribution in [-0.4, -0.2) is 62.5 Å². The van der Waals surface area contributed by atoms with E-state index in [0.29, 0.717) is 25.3 Å². The normalized spacial score (nSPS) is 30.2. The van der Waals surface area contributed by atoms with Crippen LogP contribution in [0.3, 0.4) is 0 Å². The van der Waals surface area contributed by atoms with Crippen LogP contribution in [0, 0.1) is 11.8 Å². The number of hydrogen-bond donors (Lipinski definition) is 3. The number of thioether (sulfide) groups is 1. The predicted octanol–water partition coefficient (Wildman–Crippen LogP) is 3.20. The minimum absolute atomic E-state index is 0.217. The Kier molecular flexibility index (Phi) is 7.17. The molecule has 3 aliphatic rings. The first-order valence-electron chi connectivity index (χ1n) is 13.2. The van der Waals surface area contributed by atoms with Crippen molar-refractivity contribution >= 4 is 35.2 Å². The first-order valence-corrected chi connectivity index (χ1v) is 14.0. The summed E-state index contributed by atoms with van der Waals surface area (Å²) in [6, 6.07) is 15.5. The molecule has 3 aliphatic heterocycles. The minimum atomic E-state index is -0.763. The van der Waals surface area contributed by atoms with Gasteiger partial charge in [0.25, 0.3) is 0 Å². The second kappa shape index (κ2) is 10.3.